The summed E-state index contributed by atoms with van der Waals surface area (Å²) in [5.74, 6) is -3.11. The van der Waals surface area contributed by atoms with Gasteiger partial charge in [-0.25, -0.2) is 17.2 Å². The Kier molecular flexibility index (Phi) is 5.48. The summed E-state index contributed by atoms with van der Waals surface area (Å²) in [4.78, 5) is 16.9. The average Bonchev–Trinajstić information content (AvgIpc) is 2.76. The molecule has 0 saturated carbocycles. The average molecular weight is 431 g/mol. The zero-order chi connectivity index (χ0) is 21.3. The molecule has 0 spiro atoms. The van der Waals surface area contributed by atoms with Crippen LogP contribution in [-0.4, -0.2) is 36.7 Å². The molecule has 3 aromatic rings. The van der Waals surface area contributed by atoms with Gasteiger partial charge in [0.2, 0.25) is 15.9 Å². The third-order valence-electron chi connectivity index (χ3n) is 5.16. The Morgan fingerprint density at radius 3 is 2.70 bits per heavy atom. The number of para-hydroxylation sites is 1. The Bertz CT molecular complexity index is 1210. The first-order valence-electron chi connectivity index (χ1n) is 9.46. The standard InChI is InChI=1S/C21H19F2N3O3S/c22-17-9-8-16(12-18(17)23)25-21(27)15-6-3-11-26(13-15)30(28,29)19-7-1-4-14-5-2-10-24-20(14)19/h1-2,4-5,7-10,12,15H,3,6,11,13H2,(H,25,27)/t15-/m1/s1. The molecule has 1 atom stereocenters. The Hall–Kier alpha value is -2.91. The van der Waals surface area contributed by atoms with Crippen LogP contribution in [-0.2, 0) is 14.8 Å². The van der Waals surface area contributed by atoms with E-state index in [2.05, 4.69) is 10.3 Å². The lowest BCUT2D eigenvalue weighted by atomic mass is 9.98. The maximum Gasteiger partial charge on any atom is 0.245 e. The fourth-order valence-electron chi connectivity index (χ4n) is 3.62. The molecule has 0 unspecified atom stereocenters. The molecule has 1 aliphatic rings. The van der Waals surface area contributed by atoms with Crippen molar-refractivity contribution in [1.29, 1.82) is 0 Å². The molecular formula is C21H19F2N3O3S. The molecule has 156 valence electrons. The van der Waals surface area contributed by atoms with E-state index < -0.39 is 33.5 Å². The van der Waals surface area contributed by atoms with E-state index in [4.69, 9.17) is 0 Å². The number of nitrogens with zero attached hydrogens (tertiary/aromatic N) is 2. The summed E-state index contributed by atoms with van der Waals surface area (Å²) in [5, 5.41) is 3.25. The summed E-state index contributed by atoms with van der Waals surface area (Å²) < 4.78 is 54.3. The van der Waals surface area contributed by atoms with Gasteiger partial charge in [0.25, 0.3) is 0 Å². The van der Waals surface area contributed by atoms with Crippen LogP contribution in [0.4, 0.5) is 14.5 Å². The summed E-state index contributed by atoms with van der Waals surface area (Å²) in [6, 6.07) is 11.6. The fraction of sp³-hybridized carbons (Fsp3) is 0.238. The highest BCUT2D eigenvalue weighted by atomic mass is 32.2. The first-order chi connectivity index (χ1) is 14.4. The Balaban J connectivity index is 1.55. The molecule has 0 radical (unpaired) electrons. The highest BCUT2D eigenvalue weighted by molar-refractivity contribution is 7.89. The van der Waals surface area contributed by atoms with Crippen molar-refractivity contribution < 1.29 is 22.0 Å². The molecule has 1 N–H and O–H groups in total. The lowest BCUT2D eigenvalue weighted by Gasteiger charge is -2.31. The number of piperidine rings is 1. The van der Waals surface area contributed by atoms with Crippen LogP contribution >= 0.6 is 0 Å². The Morgan fingerprint density at radius 1 is 1.10 bits per heavy atom. The number of sulfonamides is 1. The van der Waals surface area contributed by atoms with Crippen molar-refractivity contribution >= 4 is 32.5 Å². The van der Waals surface area contributed by atoms with Crippen molar-refractivity contribution in [3.63, 3.8) is 0 Å². The number of rotatable bonds is 4. The number of fused-ring (bicyclic) bond motifs is 1. The van der Waals surface area contributed by atoms with E-state index in [1.165, 1.54) is 22.6 Å². The van der Waals surface area contributed by atoms with Gasteiger partial charge in [-0.15, -0.1) is 0 Å². The molecule has 9 heteroatoms. The summed E-state index contributed by atoms with van der Waals surface area (Å²) >= 11 is 0. The van der Waals surface area contributed by atoms with Crippen LogP contribution in [0.2, 0.25) is 0 Å². The lowest BCUT2D eigenvalue weighted by Crippen LogP contribution is -2.43. The van der Waals surface area contributed by atoms with Crippen LogP contribution in [0.1, 0.15) is 12.8 Å². The van der Waals surface area contributed by atoms with Gasteiger partial charge in [0.05, 0.1) is 11.4 Å². The third-order valence-corrected chi connectivity index (χ3v) is 7.05. The van der Waals surface area contributed by atoms with Crippen LogP contribution < -0.4 is 5.32 Å². The molecule has 1 saturated heterocycles. The molecule has 6 nitrogen and oxygen atoms in total. The minimum absolute atomic E-state index is 0.00106. The van der Waals surface area contributed by atoms with Crippen LogP contribution in [0.3, 0.4) is 0 Å². The highest BCUT2D eigenvalue weighted by Crippen LogP contribution is 2.28. The fourth-order valence-corrected chi connectivity index (χ4v) is 5.31. The molecule has 1 fully saturated rings. The third kappa shape index (κ3) is 3.90. The van der Waals surface area contributed by atoms with Gasteiger partial charge in [-0.3, -0.25) is 9.78 Å². The van der Waals surface area contributed by atoms with E-state index in [9.17, 15) is 22.0 Å². The zero-order valence-corrected chi connectivity index (χ0v) is 16.7. The van der Waals surface area contributed by atoms with Crippen molar-refractivity contribution in [1.82, 2.24) is 9.29 Å². The van der Waals surface area contributed by atoms with Crippen LogP contribution in [0.25, 0.3) is 10.9 Å². The first kappa shape index (κ1) is 20.4. The molecule has 30 heavy (non-hydrogen) atoms. The highest BCUT2D eigenvalue weighted by Gasteiger charge is 2.34. The summed E-state index contributed by atoms with van der Waals surface area (Å²) in [6.07, 6.45) is 2.54. The number of anilines is 1. The zero-order valence-electron chi connectivity index (χ0n) is 15.9. The number of benzene rings is 2. The Morgan fingerprint density at radius 2 is 1.90 bits per heavy atom. The largest absolute Gasteiger partial charge is 0.326 e. The van der Waals surface area contributed by atoms with Crippen LogP contribution in [0, 0.1) is 17.6 Å². The van der Waals surface area contributed by atoms with Gasteiger partial charge in [0.1, 0.15) is 4.90 Å². The maximum absolute atomic E-state index is 13.4. The molecule has 1 aliphatic heterocycles. The first-order valence-corrected chi connectivity index (χ1v) is 10.9. The molecule has 2 heterocycles. The van der Waals surface area contributed by atoms with Gasteiger partial charge >= 0.3 is 0 Å². The second kappa shape index (κ2) is 8.08. The minimum Gasteiger partial charge on any atom is -0.326 e. The van der Waals surface area contributed by atoms with E-state index >= 15 is 0 Å². The van der Waals surface area contributed by atoms with Gasteiger partial charge in [-0.1, -0.05) is 18.2 Å². The number of hydrogen-bond acceptors (Lipinski definition) is 4. The van der Waals surface area contributed by atoms with Crippen molar-refractivity contribution in [2.24, 2.45) is 5.92 Å². The summed E-state index contributed by atoms with van der Waals surface area (Å²) in [7, 11) is -3.86. The second-order valence-corrected chi connectivity index (χ2v) is 9.06. The Labute approximate surface area is 172 Å². The van der Waals surface area contributed by atoms with Gasteiger partial charge in [0.15, 0.2) is 11.6 Å². The van der Waals surface area contributed by atoms with E-state index in [0.717, 1.165) is 12.1 Å². The number of aromatic nitrogens is 1. The van der Waals surface area contributed by atoms with Crippen molar-refractivity contribution in [3.05, 3.63) is 66.4 Å². The maximum atomic E-state index is 13.4. The van der Waals surface area contributed by atoms with E-state index in [0.29, 0.717) is 30.3 Å². The molecule has 1 amide bonds. The quantitative estimate of drug-likeness (QED) is 0.685. The predicted octanol–water partition coefficient (Wildman–Crippen LogP) is 3.55. The van der Waals surface area contributed by atoms with Gasteiger partial charge < -0.3 is 5.32 Å². The summed E-state index contributed by atoms with van der Waals surface area (Å²) in [5.41, 5.74) is 0.505. The number of carbonyl (C=O) groups is 1. The number of carbonyl (C=O) groups excluding carboxylic acids is 1. The molecule has 4 rings (SSSR count). The number of pyridine rings is 1. The van der Waals surface area contributed by atoms with Gasteiger partial charge in [0, 0.05) is 36.4 Å². The minimum atomic E-state index is -3.86. The van der Waals surface area contributed by atoms with Crippen LogP contribution in [0.5, 0.6) is 0 Å². The lowest BCUT2D eigenvalue weighted by molar-refractivity contribution is -0.120. The van der Waals surface area contributed by atoms with Crippen molar-refractivity contribution in [3.8, 4) is 0 Å². The monoisotopic (exact) mass is 431 g/mol. The number of amides is 1. The van der Waals surface area contributed by atoms with E-state index in [1.54, 1.807) is 24.3 Å². The smallest absolute Gasteiger partial charge is 0.245 e. The van der Waals surface area contributed by atoms with Crippen molar-refractivity contribution in [2.75, 3.05) is 18.4 Å². The molecule has 2 aromatic carbocycles. The molecular weight excluding hydrogens is 412 g/mol. The second-order valence-electron chi connectivity index (χ2n) is 7.15. The number of nitrogens with one attached hydrogen (secondary N) is 1. The van der Waals surface area contributed by atoms with Crippen LogP contribution in [0.15, 0.2) is 59.6 Å². The van der Waals surface area contributed by atoms with E-state index in [-0.39, 0.29) is 17.1 Å². The number of halogens is 2. The molecule has 0 bridgehead atoms. The predicted molar refractivity (Wildman–Crippen MR) is 108 cm³/mol. The van der Waals surface area contributed by atoms with Gasteiger partial charge in [-0.2, -0.15) is 4.31 Å². The SMILES string of the molecule is O=C(Nc1ccc(F)c(F)c1)[C@@H]1CCCN(S(=O)(=O)c2cccc3cccnc23)C1. The number of hydrogen-bond donors (Lipinski definition) is 1. The summed E-state index contributed by atoms with van der Waals surface area (Å²) in [6.45, 7) is 0.293. The topological polar surface area (TPSA) is 79.4 Å². The molecule has 1 aromatic heterocycles. The molecule has 0 aliphatic carbocycles. The normalized spacial score (nSPS) is 17.7. The van der Waals surface area contributed by atoms with Gasteiger partial charge in [-0.05, 0) is 37.1 Å². The van der Waals surface area contributed by atoms with Crippen molar-refractivity contribution in [2.45, 2.75) is 17.7 Å². The van der Waals surface area contributed by atoms with E-state index in [1.807, 2.05) is 0 Å².